The molecule has 9 nitrogen and oxygen atoms in total. The molecule has 0 saturated carbocycles. The Morgan fingerprint density at radius 1 is 0.900 bits per heavy atom. The Labute approximate surface area is 229 Å². The van der Waals surface area contributed by atoms with Gasteiger partial charge in [0.15, 0.2) is 0 Å². The van der Waals surface area contributed by atoms with Crippen molar-refractivity contribution >= 4 is 32.0 Å². The summed E-state index contributed by atoms with van der Waals surface area (Å²) in [6.07, 6.45) is -8.16. The van der Waals surface area contributed by atoms with Gasteiger partial charge in [0.2, 0.25) is 0 Å². The molecular formula is C22H22F6O9S3. The van der Waals surface area contributed by atoms with Crippen LogP contribution in [-0.2, 0) is 39.8 Å². The fourth-order valence-electron chi connectivity index (χ4n) is 3.72. The van der Waals surface area contributed by atoms with Crippen molar-refractivity contribution in [2.24, 2.45) is 0 Å². The third-order valence-electron chi connectivity index (χ3n) is 5.67. The van der Waals surface area contributed by atoms with Crippen LogP contribution in [0.15, 0.2) is 59.5 Å². The first-order valence-electron chi connectivity index (χ1n) is 11.0. The minimum Gasteiger partial charge on any atom is -0.497 e. The lowest BCUT2D eigenvalue weighted by Gasteiger charge is -2.49. The van der Waals surface area contributed by atoms with Crippen molar-refractivity contribution in [3.8, 4) is 5.75 Å². The molecule has 0 bridgehead atoms. The highest BCUT2D eigenvalue weighted by Gasteiger charge is 2.63. The molecule has 40 heavy (non-hydrogen) atoms. The monoisotopic (exact) mass is 640 g/mol. The predicted molar refractivity (Wildman–Crippen MR) is 128 cm³/mol. The molecule has 1 N–H and O–H groups in total. The maximum absolute atomic E-state index is 13.4. The van der Waals surface area contributed by atoms with Crippen molar-refractivity contribution in [3.63, 3.8) is 0 Å². The normalized spacial score (nSPS) is 26.4. The molecule has 0 aromatic heterocycles. The van der Waals surface area contributed by atoms with Gasteiger partial charge < -0.3 is 14.6 Å². The minimum atomic E-state index is -6.62. The van der Waals surface area contributed by atoms with Gasteiger partial charge in [-0.25, -0.2) is 0 Å². The van der Waals surface area contributed by atoms with E-state index in [1.807, 2.05) is 0 Å². The highest BCUT2D eigenvalue weighted by atomic mass is 32.2. The average molecular weight is 641 g/mol. The van der Waals surface area contributed by atoms with E-state index in [9.17, 15) is 48.3 Å². The molecule has 0 amide bonds. The Morgan fingerprint density at radius 3 is 1.93 bits per heavy atom. The number of benzene rings is 2. The Hall–Kier alpha value is -2.09. The zero-order chi connectivity index (χ0) is 30.1. The summed E-state index contributed by atoms with van der Waals surface area (Å²) in [7, 11) is -11.8. The second kappa shape index (κ2) is 11.7. The second-order valence-electron chi connectivity index (χ2n) is 8.50. The van der Waals surface area contributed by atoms with Crippen LogP contribution >= 0.6 is 11.8 Å². The summed E-state index contributed by atoms with van der Waals surface area (Å²) in [6.45, 7) is 0.929. The van der Waals surface area contributed by atoms with Crippen molar-refractivity contribution in [1.82, 2.24) is 0 Å². The third-order valence-corrected chi connectivity index (χ3v) is 9.02. The molecule has 1 aliphatic heterocycles. The SMILES string of the molecule is COc1ccc(C[C@@]2(O)[C@@H](Sc3ccccc3)O[C@@H](C)[C@@H](OS(=O)(=O)C(F)(F)F)[C@H]2OS(=O)(=O)C(F)(F)F)cc1. The average Bonchev–Trinajstić information content (AvgIpc) is 2.84. The Bertz CT molecular complexity index is 1370. The van der Waals surface area contributed by atoms with E-state index in [-0.39, 0.29) is 5.56 Å². The highest BCUT2D eigenvalue weighted by Crippen LogP contribution is 2.46. The van der Waals surface area contributed by atoms with Gasteiger partial charge in [-0.15, -0.1) is 0 Å². The number of ether oxygens (including phenoxy) is 2. The van der Waals surface area contributed by atoms with Crippen molar-refractivity contribution in [2.45, 2.75) is 58.6 Å². The van der Waals surface area contributed by atoms with E-state index in [1.54, 1.807) is 18.2 Å². The van der Waals surface area contributed by atoms with Gasteiger partial charge in [0.25, 0.3) is 0 Å². The summed E-state index contributed by atoms with van der Waals surface area (Å²) in [4.78, 5) is 0.354. The maximum Gasteiger partial charge on any atom is 0.523 e. The number of hydrogen-bond donors (Lipinski definition) is 1. The third kappa shape index (κ3) is 7.03. The van der Waals surface area contributed by atoms with Crippen molar-refractivity contribution in [2.75, 3.05) is 7.11 Å². The van der Waals surface area contributed by atoms with E-state index >= 15 is 0 Å². The van der Waals surface area contributed by atoms with Crippen LogP contribution in [0.2, 0.25) is 0 Å². The van der Waals surface area contributed by atoms with Crippen LogP contribution in [-0.4, -0.2) is 69.4 Å². The summed E-state index contributed by atoms with van der Waals surface area (Å²) in [5.41, 5.74) is -16.6. The summed E-state index contributed by atoms with van der Waals surface area (Å²) >= 11 is 0.685. The first-order chi connectivity index (χ1) is 18.3. The summed E-state index contributed by atoms with van der Waals surface area (Å²) in [6, 6.07) is 13.2. The number of alkyl halides is 6. The van der Waals surface area contributed by atoms with Crippen LogP contribution in [0.3, 0.4) is 0 Å². The molecule has 0 spiro atoms. The number of rotatable bonds is 9. The van der Waals surface area contributed by atoms with Crippen LogP contribution in [0.1, 0.15) is 12.5 Å². The second-order valence-corrected chi connectivity index (χ2v) is 12.8. The van der Waals surface area contributed by atoms with Crippen molar-refractivity contribution in [3.05, 3.63) is 60.2 Å². The van der Waals surface area contributed by atoms with Gasteiger partial charge in [-0.2, -0.15) is 43.2 Å². The van der Waals surface area contributed by atoms with Crippen LogP contribution < -0.4 is 4.74 Å². The van der Waals surface area contributed by atoms with Gasteiger partial charge >= 0.3 is 31.3 Å². The number of aliphatic hydroxyl groups is 1. The number of thioether (sulfide) groups is 1. The summed E-state index contributed by atoms with van der Waals surface area (Å²) < 4.78 is 147. The molecule has 3 rings (SSSR count). The molecule has 1 heterocycles. The molecule has 1 saturated heterocycles. The first-order valence-corrected chi connectivity index (χ1v) is 14.7. The van der Waals surface area contributed by atoms with E-state index in [0.29, 0.717) is 22.4 Å². The molecule has 224 valence electrons. The predicted octanol–water partition coefficient (Wildman–Crippen LogP) is 3.98. The molecule has 0 aliphatic carbocycles. The zero-order valence-electron chi connectivity index (χ0n) is 20.4. The van der Waals surface area contributed by atoms with Gasteiger partial charge in [0, 0.05) is 11.3 Å². The minimum absolute atomic E-state index is 0.121. The zero-order valence-corrected chi connectivity index (χ0v) is 22.9. The van der Waals surface area contributed by atoms with Crippen LogP contribution in [0.5, 0.6) is 5.75 Å². The standard InChI is InChI=1S/C22H22F6O9S3/c1-13-17(36-39(30,31)21(23,24)25)18(37-40(32,33)22(26,27)28)20(29,12-14-8-10-15(34-2)11-9-14)19(35-13)38-16-6-4-3-5-7-16/h3-11,13,17-19,29H,12H2,1-2H3/t13-,17+,18+,19+,20-/m0/s1. The fourth-order valence-corrected chi connectivity index (χ4v) is 6.25. The lowest BCUT2D eigenvalue weighted by molar-refractivity contribution is -0.229. The van der Waals surface area contributed by atoms with E-state index < -0.39 is 67.0 Å². The first kappa shape index (κ1) is 32.4. The summed E-state index contributed by atoms with van der Waals surface area (Å²) in [5.74, 6) is 0.324. The quantitative estimate of drug-likeness (QED) is 0.245. The van der Waals surface area contributed by atoms with Gasteiger partial charge in [-0.05, 0) is 36.8 Å². The highest BCUT2D eigenvalue weighted by molar-refractivity contribution is 7.99. The Morgan fingerprint density at radius 2 is 1.43 bits per heavy atom. The lowest BCUT2D eigenvalue weighted by atomic mass is 9.83. The van der Waals surface area contributed by atoms with Gasteiger partial charge in [-0.3, -0.25) is 8.37 Å². The van der Waals surface area contributed by atoms with E-state index in [2.05, 4.69) is 8.37 Å². The van der Waals surface area contributed by atoms with E-state index in [4.69, 9.17) is 9.47 Å². The van der Waals surface area contributed by atoms with Crippen LogP contribution in [0.25, 0.3) is 0 Å². The topological polar surface area (TPSA) is 125 Å². The number of halogens is 6. The molecule has 0 radical (unpaired) electrons. The molecule has 1 fully saturated rings. The van der Waals surface area contributed by atoms with Crippen molar-refractivity contribution < 1.29 is 66.1 Å². The van der Waals surface area contributed by atoms with Gasteiger partial charge in [-0.1, -0.05) is 42.1 Å². The van der Waals surface area contributed by atoms with E-state index in [1.165, 1.54) is 43.5 Å². The molecular weight excluding hydrogens is 618 g/mol. The molecule has 18 heteroatoms. The van der Waals surface area contributed by atoms with Crippen LogP contribution in [0, 0.1) is 0 Å². The smallest absolute Gasteiger partial charge is 0.497 e. The van der Waals surface area contributed by atoms with Crippen molar-refractivity contribution in [1.29, 1.82) is 0 Å². The number of hydrogen-bond acceptors (Lipinski definition) is 10. The molecule has 1 aliphatic rings. The Kier molecular flexibility index (Phi) is 9.45. The molecule has 0 unspecified atom stereocenters. The van der Waals surface area contributed by atoms with Crippen LogP contribution in [0.4, 0.5) is 26.3 Å². The molecule has 2 aromatic carbocycles. The van der Waals surface area contributed by atoms with Gasteiger partial charge in [0.05, 0.1) is 13.2 Å². The summed E-state index contributed by atoms with van der Waals surface area (Å²) in [5, 5.41) is 11.9. The van der Waals surface area contributed by atoms with E-state index in [0.717, 1.165) is 6.92 Å². The van der Waals surface area contributed by atoms with Gasteiger partial charge in [0.1, 0.15) is 29.0 Å². The largest absolute Gasteiger partial charge is 0.523 e. The maximum atomic E-state index is 13.4. The Balaban J connectivity index is 2.20. The number of methoxy groups -OCH3 is 1. The lowest BCUT2D eigenvalue weighted by Crippen LogP contribution is -2.68. The fraction of sp³-hybridized carbons (Fsp3) is 0.455. The molecule has 5 atom stereocenters. The molecule has 2 aromatic rings.